The van der Waals surface area contributed by atoms with E-state index >= 15 is 0 Å². The van der Waals surface area contributed by atoms with Gasteiger partial charge in [-0.1, -0.05) is 30.1 Å². The molecule has 1 heterocycles. The molecule has 7 heteroatoms. The zero-order valence-corrected chi connectivity index (χ0v) is 12.5. The second kappa shape index (κ2) is 6.20. The van der Waals surface area contributed by atoms with Gasteiger partial charge in [0.15, 0.2) is 5.76 Å². The number of hydrogen-bond acceptors (Lipinski definition) is 3. The molecule has 2 aromatic rings. The minimum atomic E-state index is -1.29. The largest absolute Gasteiger partial charge is 0.478 e. The molecular weight excluding hydrogens is 317 g/mol. The maximum absolute atomic E-state index is 12.1. The summed E-state index contributed by atoms with van der Waals surface area (Å²) in [7, 11) is 0. The van der Waals surface area contributed by atoms with E-state index in [1.54, 1.807) is 6.07 Å². The molecule has 110 valence electrons. The number of carboxylic acid groups (broad SMARTS) is 1. The van der Waals surface area contributed by atoms with Crippen molar-refractivity contribution in [2.45, 2.75) is 13.3 Å². The fourth-order valence-corrected chi connectivity index (χ4v) is 2.19. The van der Waals surface area contributed by atoms with Crippen LogP contribution in [0.25, 0.3) is 0 Å². The maximum Gasteiger partial charge on any atom is 0.339 e. The van der Waals surface area contributed by atoms with E-state index in [1.807, 2.05) is 6.92 Å². The van der Waals surface area contributed by atoms with Crippen molar-refractivity contribution in [3.05, 3.63) is 51.4 Å². The summed E-state index contributed by atoms with van der Waals surface area (Å²) < 4.78 is 5.30. The quantitative estimate of drug-likeness (QED) is 0.885. The molecular formula is C14H11Cl2NO4. The number of aryl methyl sites for hydroxylation is 1. The Morgan fingerprint density at radius 3 is 2.43 bits per heavy atom. The maximum atomic E-state index is 12.1. The van der Waals surface area contributed by atoms with E-state index in [4.69, 9.17) is 27.6 Å². The molecule has 1 aromatic carbocycles. The van der Waals surface area contributed by atoms with Gasteiger partial charge < -0.3 is 14.8 Å². The topological polar surface area (TPSA) is 79.5 Å². The first-order chi connectivity index (χ1) is 9.93. The van der Waals surface area contributed by atoms with Gasteiger partial charge in [-0.3, -0.25) is 4.79 Å². The fraction of sp³-hybridized carbons (Fsp3) is 0.143. The Hall–Kier alpha value is -1.98. The molecule has 0 radical (unpaired) electrons. The van der Waals surface area contributed by atoms with Gasteiger partial charge in [0.05, 0.1) is 15.7 Å². The van der Waals surface area contributed by atoms with Crippen LogP contribution in [0.5, 0.6) is 0 Å². The van der Waals surface area contributed by atoms with Crippen LogP contribution in [-0.2, 0) is 6.42 Å². The lowest BCUT2D eigenvalue weighted by molar-refractivity contribution is 0.0698. The molecule has 0 fully saturated rings. The Morgan fingerprint density at radius 1 is 1.19 bits per heavy atom. The Kier molecular flexibility index (Phi) is 4.55. The lowest BCUT2D eigenvalue weighted by atomic mass is 10.1. The summed E-state index contributed by atoms with van der Waals surface area (Å²) in [6.45, 7) is 1.89. The lowest BCUT2D eigenvalue weighted by Gasteiger charge is -2.10. The van der Waals surface area contributed by atoms with E-state index in [0.29, 0.717) is 12.2 Å². The lowest BCUT2D eigenvalue weighted by Crippen LogP contribution is -2.15. The molecule has 0 spiro atoms. The van der Waals surface area contributed by atoms with Crippen molar-refractivity contribution in [3.63, 3.8) is 0 Å². The standard InChI is InChI=1S/C14H11Cl2NO4/c1-2-7-3-6-10(21-7)13(18)17-12-9(16)5-4-8(15)11(12)14(19)20/h3-6H,2H2,1H3,(H,17,18)(H,19,20). The van der Waals surface area contributed by atoms with Gasteiger partial charge in [-0.15, -0.1) is 0 Å². The van der Waals surface area contributed by atoms with Crippen LogP contribution in [0, 0.1) is 0 Å². The van der Waals surface area contributed by atoms with Crippen LogP contribution in [0.3, 0.4) is 0 Å². The third-order valence-corrected chi connectivity index (χ3v) is 3.42. The average molecular weight is 328 g/mol. The first kappa shape index (κ1) is 15.4. The van der Waals surface area contributed by atoms with E-state index in [9.17, 15) is 14.7 Å². The first-order valence-corrected chi connectivity index (χ1v) is 6.81. The second-order valence-corrected chi connectivity index (χ2v) is 4.97. The highest BCUT2D eigenvalue weighted by molar-refractivity contribution is 6.38. The van der Waals surface area contributed by atoms with Crippen molar-refractivity contribution in [2.24, 2.45) is 0 Å². The van der Waals surface area contributed by atoms with Crippen LogP contribution in [0.2, 0.25) is 10.0 Å². The van der Waals surface area contributed by atoms with E-state index in [0.717, 1.165) is 0 Å². The van der Waals surface area contributed by atoms with Crippen molar-refractivity contribution < 1.29 is 19.1 Å². The first-order valence-electron chi connectivity index (χ1n) is 6.05. The van der Waals surface area contributed by atoms with Gasteiger partial charge in [0.1, 0.15) is 11.3 Å². The Labute approximate surface area is 130 Å². The summed E-state index contributed by atoms with van der Waals surface area (Å²) in [5, 5.41) is 11.7. The number of amides is 1. The fourth-order valence-electron chi connectivity index (χ4n) is 1.75. The Morgan fingerprint density at radius 2 is 1.86 bits per heavy atom. The molecule has 5 nitrogen and oxygen atoms in total. The van der Waals surface area contributed by atoms with Crippen molar-refractivity contribution in [1.82, 2.24) is 0 Å². The number of halogens is 2. The van der Waals surface area contributed by atoms with Gasteiger partial charge in [-0.05, 0) is 24.3 Å². The van der Waals surface area contributed by atoms with Gasteiger partial charge in [0.25, 0.3) is 5.91 Å². The molecule has 21 heavy (non-hydrogen) atoms. The number of carbonyl (C=O) groups excluding carboxylic acids is 1. The summed E-state index contributed by atoms with van der Waals surface area (Å²) in [4.78, 5) is 23.3. The summed E-state index contributed by atoms with van der Waals surface area (Å²) in [5.74, 6) is -1.16. The number of carboxylic acids is 1. The number of rotatable bonds is 4. The molecule has 2 N–H and O–H groups in total. The van der Waals surface area contributed by atoms with Crippen LogP contribution in [-0.4, -0.2) is 17.0 Å². The molecule has 0 bridgehead atoms. The number of carbonyl (C=O) groups is 2. The normalized spacial score (nSPS) is 10.4. The summed E-state index contributed by atoms with van der Waals surface area (Å²) in [6, 6.07) is 5.94. The van der Waals surface area contributed by atoms with E-state index in [2.05, 4.69) is 5.32 Å². The molecule has 1 aromatic heterocycles. The molecule has 0 aliphatic carbocycles. The highest BCUT2D eigenvalue weighted by Gasteiger charge is 2.21. The van der Waals surface area contributed by atoms with Gasteiger partial charge in [0.2, 0.25) is 0 Å². The molecule has 0 unspecified atom stereocenters. The third-order valence-electron chi connectivity index (χ3n) is 2.79. The molecule has 2 rings (SSSR count). The number of nitrogens with one attached hydrogen (secondary N) is 1. The monoisotopic (exact) mass is 327 g/mol. The predicted octanol–water partition coefficient (Wildman–Crippen LogP) is 4.10. The number of aromatic carboxylic acids is 1. The molecule has 0 saturated heterocycles. The molecule has 1 amide bonds. The van der Waals surface area contributed by atoms with Gasteiger partial charge >= 0.3 is 5.97 Å². The molecule has 0 atom stereocenters. The smallest absolute Gasteiger partial charge is 0.339 e. The average Bonchev–Trinajstić information content (AvgIpc) is 2.91. The van der Waals surface area contributed by atoms with Crippen molar-refractivity contribution in [2.75, 3.05) is 5.32 Å². The molecule has 0 aliphatic heterocycles. The van der Waals surface area contributed by atoms with Crippen LogP contribution in [0.4, 0.5) is 5.69 Å². The Bertz CT molecular complexity index is 709. The van der Waals surface area contributed by atoms with E-state index in [-0.39, 0.29) is 27.1 Å². The number of hydrogen-bond donors (Lipinski definition) is 2. The van der Waals surface area contributed by atoms with E-state index in [1.165, 1.54) is 18.2 Å². The highest BCUT2D eigenvalue weighted by Crippen LogP contribution is 2.32. The number of furan rings is 1. The van der Waals surface area contributed by atoms with Crippen LogP contribution in [0.15, 0.2) is 28.7 Å². The number of benzene rings is 1. The molecule has 0 saturated carbocycles. The van der Waals surface area contributed by atoms with Crippen molar-refractivity contribution in [1.29, 1.82) is 0 Å². The van der Waals surface area contributed by atoms with Crippen LogP contribution < -0.4 is 5.32 Å². The van der Waals surface area contributed by atoms with Crippen LogP contribution >= 0.6 is 23.2 Å². The van der Waals surface area contributed by atoms with Crippen molar-refractivity contribution >= 4 is 40.8 Å². The second-order valence-electron chi connectivity index (χ2n) is 4.16. The SMILES string of the molecule is CCc1ccc(C(=O)Nc2c(Cl)ccc(Cl)c2C(=O)O)o1. The van der Waals surface area contributed by atoms with Gasteiger partial charge in [-0.25, -0.2) is 4.79 Å². The summed E-state index contributed by atoms with van der Waals surface area (Å²) in [6.07, 6.45) is 0.644. The summed E-state index contributed by atoms with van der Waals surface area (Å²) >= 11 is 11.8. The minimum Gasteiger partial charge on any atom is -0.478 e. The van der Waals surface area contributed by atoms with Crippen LogP contribution in [0.1, 0.15) is 33.6 Å². The molecule has 0 aliphatic rings. The minimum absolute atomic E-state index is 0.0177. The number of anilines is 1. The van der Waals surface area contributed by atoms with Crippen molar-refractivity contribution in [3.8, 4) is 0 Å². The van der Waals surface area contributed by atoms with Gasteiger partial charge in [-0.2, -0.15) is 0 Å². The van der Waals surface area contributed by atoms with Gasteiger partial charge in [0, 0.05) is 6.42 Å². The zero-order valence-electron chi connectivity index (χ0n) is 10.9. The summed E-state index contributed by atoms with van der Waals surface area (Å²) in [5.41, 5.74) is -0.323. The zero-order chi connectivity index (χ0) is 15.6. The third kappa shape index (κ3) is 3.20. The highest BCUT2D eigenvalue weighted by atomic mass is 35.5. The van der Waals surface area contributed by atoms with E-state index < -0.39 is 11.9 Å². The predicted molar refractivity (Wildman–Crippen MR) is 79.5 cm³/mol. The Balaban J connectivity index is 2.37.